The summed E-state index contributed by atoms with van der Waals surface area (Å²) in [5.74, 6) is -0.427. The van der Waals surface area contributed by atoms with Crippen LogP contribution in [0.2, 0.25) is 0 Å². The molecule has 0 aromatic heterocycles. The molecule has 0 bridgehead atoms. The molecule has 1 fully saturated rings. The van der Waals surface area contributed by atoms with Crippen molar-refractivity contribution in [2.45, 2.75) is 19.8 Å². The second kappa shape index (κ2) is 11.1. The van der Waals surface area contributed by atoms with Gasteiger partial charge in [-0.25, -0.2) is 4.79 Å². The molecule has 1 heterocycles. The minimum absolute atomic E-state index is 0.167. The van der Waals surface area contributed by atoms with Gasteiger partial charge in [-0.05, 0) is 18.8 Å². The molecule has 0 aliphatic carbocycles. The normalized spacial score (nSPS) is 23.7. The number of carbonyl (C=O) groups excluding carboxylic acids is 1. The summed E-state index contributed by atoms with van der Waals surface area (Å²) >= 11 is 0. The Morgan fingerprint density at radius 1 is 1.33 bits per heavy atom. The van der Waals surface area contributed by atoms with Crippen LogP contribution < -0.4 is 4.90 Å². The lowest BCUT2D eigenvalue weighted by atomic mass is 10.00. The van der Waals surface area contributed by atoms with Gasteiger partial charge in [0.05, 0.1) is 20.1 Å². The third-order valence-electron chi connectivity index (χ3n) is 2.23. The van der Waals surface area contributed by atoms with Gasteiger partial charge in [-0.1, -0.05) is 6.92 Å². The number of aliphatic carboxylic acids is 1. The Morgan fingerprint density at radius 3 is 1.87 bits per heavy atom. The average Bonchev–Trinajstić information content (AvgIpc) is 2.26. The summed E-state index contributed by atoms with van der Waals surface area (Å²) in [5.41, 5.74) is 0. The molecule has 5 nitrogen and oxygen atoms in total. The maximum Gasteiger partial charge on any atom is 0.368 e. The van der Waals surface area contributed by atoms with Crippen LogP contribution in [0, 0.1) is 5.92 Å². The van der Waals surface area contributed by atoms with Crippen molar-refractivity contribution in [3.05, 3.63) is 0 Å². The van der Waals surface area contributed by atoms with E-state index in [4.69, 9.17) is 19.8 Å². The number of rotatable bonds is 1. The van der Waals surface area contributed by atoms with E-state index < -0.39 is 5.97 Å². The Morgan fingerprint density at radius 2 is 1.67 bits per heavy atom. The van der Waals surface area contributed by atoms with E-state index >= 15 is 0 Å². The molecular weight excluding hydrogens is 198 g/mol. The zero-order valence-electron chi connectivity index (χ0n) is 9.69. The molecule has 1 aliphatic heterocycles. The highest BCUT2D eigenvalue weighted by Crippen LogP contribution is 2.05. The van der Waals surface area contributed by atoms with Crippen molar-refractivity contribution in [2.75, 3.05) is 27.2 Å². The Balaban J connectivity index is 0. The van der Waals surface area contributed by atoms with Gasteiger partial charge in [0.25, 0.3) is 0 Å². The number of aliphatic hydroxyl groups excluding tert-OH is 1. The Kier molecular flexibility index (Phi) is 12.2. The van der Waals surface area contributed by atoms with E-state index in [0.717, 1.165) is 13.0 Å². The summed E-state index contributed by atoms with van der Waals surface area (Å²) < 4.78 is 0. The molecule has 0 unspecified atom stereocenters. The maximum atomic E-state index is 9.00. The number of piperidine rings is 1. The van der Waals surface area contributed by atoms with E-state index in [1.54, 1.807) is 4.90 Å². The van der Waals surface area contributed by atoms with E-state index in [0.29, 0.717) is 0 Å². The molecule has 0 aromatic carbocycles. The number of carbonyl (C=O) groups is 2. The molecule has 1 rings (SSSR count). The van der Waals surface area contributed by atoms with Crippen molar-refractivity contribution in [3.63, 3.8) is 0 Å². The standard InChI is InChI=1S/C7H15N.C2H2O3.CH4O/c1-7-3-5-8(2)6-4-7;3-1-2(4)5;1-2/h7H,3-6H2,1-2H3;1H,(H,4,5);2H,1H3/p+1. The van der Waals surface area contributed by atoms with Crippen LogP contribution in [0.15, 0.2) is 0 Å². The summed E-state index contributed by atoms with van der Waals surface area (Å²) in [6.45, 7) is 5.13. The van der Waals surface area contributed by atoms with Gasteiger partial charge in [-0.15, -0.1) is 0 Å². The lowest BCUT2D eigenvalue weighted by molar-refractivity contribution is -0.885. The summed E-state index contributed by atoms with van der Waals surface area (Å²) in [7, 11) is 3.28. The number of hydrogen-bond acceptors (Lipinski definition) is 3. The molecule has 1 saturated heterocycles. The summed E-state index contributed by atoms with van der Waals surface area (Å²) in [6, 6.07) is 0. The fraction of sp³-hybridized carbons (Fsp3) is 0.800. The third kappa shape index (κ3) is 13.1. The third-order valence-corrected chi connectivity index (χ3v) is 2.23. The molecule has 5 heteroatoms. The van der Waals surface area contributed by atoms with Gasteiger partial charge in [-0.3, -0.25) is 4.79 Å². The Labute approximate surface area is 90.7 Å². The topological polar surface area (TPSA) is 79.0 Å². The first-order valence-electron chi connectivity index (χ1n) is 5.00. The number of likely N-dealkylation sites (tertiary alicyclic amines) is 1. The number of aldehydes is 1. The molecule has 0 saturated carbocycles. The smallest absolute Gasteiger partial charge is 0.368 e. The van der Waals surface area contributed by atoms with Gasteiger partial charge >= 0.3 is 5.97 Å². The fourth-order valence-electron chi connectivity index (χ4n) is 1.25. The van der Waals surface area contributed by atoms with Gasteiger partial charge in [0, 0.05) is 7.11 Å². The molecule has 90 valence electrons. The van der Waals surface area contributed by atoms with Crippen LogP contribution in [-0.4, -0.2) is 49.7 Å². The van der Waals surface area contributed by atoms with Crippen molar-refractivity contribution in [2.24, 2.45) is 5.92 Å². The number of aliphatic hydroxyl groups is 1. The van der Waals surface area contributed by atoms with Crippen LogP contribution in [-0.2, 0) is 9.59 Å². The second-order valence-electron chi connectivity index (χ2n) is 3.60. The first-order valence-corrected chi connectivity index (χ1v) is 5.00. The summed E-state index contributed by atoms with van der Waals surface area (Å²) in [5, 5.41) is 14.4. The van der Waals surface area contributed by atoms with Crippen molar-refractivity contribution in [1.82, 2.24) is 0 Å². The summed E-state index contributed by atoms with van der Waals surface area (Å²) in [6.07, 6.45) is 2.71. The number of quaternary nitrogens is 1. The first-order chi connectivity index (χ1) is 7.06. The first kappa shape index (κ1) is 16.5. The largest absolute Gasteiger partial charge is 0.476 e. The van der Waals surface area contributed by atoms with Gasteiger partial charge in [0.1, 0.15) is 0 Å². The Bertz CT molecular complexity index is 155. The molecule has 1 aliphatic rings. The molecule has 0 spiro atoms. The van der Waals surface area contributed by atoms with Crippen LogP contribution in [0.3, 0.4) is 0 Å². The van der Waals surface area contributed by atoms with Gasteiger partial charge < -0.3 is 15.1 Å². The van der Waals surface area contributed by atoms with Crippen LogP contribution in [0.1, 0.15) is 19.8 Å². The van der Waals surface area contributed by atoms with E-state index in [-0.39, 0.29) is 6.29 Å². The minimum atomic E-state index is -1.43. The van der Waals surface area contributed by atoms with E-state index in [1.165, 1.54) is 25.9 Å². The molecule has 15 heavy (non-hydrogen) atoms. The number of carboxylic acid groups (broad SMARTS) is 1. The predicted octanol–water partition coefficient (Wildman–Crippen LogP) is -1.19. The molecule has 0 aromatic rings. The van der Waals surface area contributed by atoms with E-state index in [1.807, 2.05) is 0 Å². The van der Waals surface area contributed by atoms with Gasteiger partial charge in [0.15, 0.2) is 0 Å². The maximum absolute atomic E-state index is 9.00. The minimum Gasteiger partial charge on any atom is -0.476 e. The molecule has 0 atom stereocenters. The van der Waals surface area contributed by atoms with E-state index in [9.17, 15) is 0 Å². The van der Waals surface area contributed by atoms with Crippen molar-refractivity contribution in [3.8, 4) is 0 Å². The van der Waals surface area contributed by atoms with Crippen molar-refractivity contribution < 1.29 is 24.7 Å². The average molecular weight is 220 g/mol. The molecular formula is C10H22NO4+. The van der Waals surface area contributed by atoms with Crippen molar-refractivity contribution >= 4 is 12.3 Å². The zero-order chi connectivity index (χ0) is 12.3. The SMILES string of the molecule is CC1CC[NH+](C)CC1.CO.O=CC(=O)O. The predicted molar refractivity (Wildman–Crippen MR) is 56.9 cm³/mol. The van der Waals surface area contributed by atoms with Crippen LogP contribution in [0.4, 0.5) is 0 Å². The lowest BCUT2D eigenvalue weighted by Gasteiger charge is -2.23. The highest BCUT2D eigenvalue weighted by Gasteiger charge is 2.13. The van der Waals surface area contributed by atoms with Gasteiger partial charge in [-0.2, -0.15) is 0 Å². The molecule has 0 radical (unpaired) electrons. The van der Waals surface area contributed by atoms with Gasteiger partial charge in [0.2, 0.25) is 6.29 Å². The number of carboxylic acids is 1. The molecule has 3 N–H and O–H groups in total. The van der Waals surface area contributed by atoms with E-state index in [2.05, 4.69) is 14.0 Å². The Hall–Kier alpha value is -0.940. The highest BCUT2D eigenvalue weighted by molar-refractivity contribution is 6.19. The number of nitrogens with one attached hydrogen (secondary N) is 1. The van der Waals surface area contributed by atoms with Crippen LogP contribution >= 0.6 is 0 Å². The highest BCUT2D eigenvalue weighted by atomic mass is 16.4. The lowest BCUT2D eigenvalue weighted by Crippen LogP contribution is -3.10. The van der Waals surface area contributed by atoms with Crippen LogP contribution in [0.25, 0.3) is 0 Å². The molecule has 0 amide bonds. The fourth-order valence-corrected chi connectivity index (χ4v) is 1.25. The second-order valence-corrected chi connectivity index (χ2v) is 3.60. The van der Waals surface area contributed by atoms with Crippen molar-refractivity contribution in [1.29, 1.82) is 0 Å². The van der Waals surface area contributed by atoms with Crippen LogP contribution in [0.5, 0.6) is 0 Å². The quantitative estimate of drug-likeness (QED) is 0.383. The zero-order valence-corrected chi connectivity index (χ0v) is 9.69. The monoisotopic (exact) mass is 220 g/mol. The number of hydrogen-bond donors (Lipinski definition) is 3. The summed E-state index contributed by atoms with van der Waals surface area (Å²) in [4.78, 5) is 19.6.